The van der Waals surface area contributed by atoms with Gasteiger partial charge in [-0.15, -0.1) is 0 Å². The molecular formula is C20H10F8N4. The summed E-state index contributed by atoms with van der Waals surface area (Å²) in [4.78, 5) is 8.09. The van der Waals surface area contributed by atoms with E-state index in [1.54, 1.807) is 0 Å². The van der Waals surface area contributed by atoms with Gasteiger partial charge in [0.1, 0.15) is 11.4 Å². The third-order valence-corrected chi connectivity index (χ3v) is 4.58. The summed E-state index contributed by atoms with van der Waals surface area (Å²) in [5.74, 6) is -2.42. The molecule has 2 aliphatic heterocycles. The molecule has 0 amide bonds. The molecule has 0 fully saturated rings. The predicted octanol–water partition coefficient (Wildman–Crippen LogP) is 5.81. The van der Waals surface area contributed by atoms with Crippen molar-refractivity contribution in [3.63, 3.8) is 0 Å². The van der Waals surface area contributed by atoms with E-state index < -0.39 is 47.2 Å². The summed E-state index contributed by atoms with van der Waals surface area (Å²) < 4.78 is 107. The SMILES string of the molecule is Fc1cccc(-c2nc3cnn(Cc4ccc(C(F)(F)F)cc4C(F)(F)F)cc-3n2)c1F. The van der Waals surface area contributed by atoms with Crippen molar-refractivity contribution in [1.29, 1.82) is 0 Å². The minimum Gasteiger partial charge on any atom is -0.266 e. The monoisotopic (exact) mass is 458 g/mol. The molecule has 0 spiro atoms. The second-order valence-corrected chi connectivity index (χ2v) is 6.76. The number of hydrogen-bond acceptors (Lipinski definition) is 3. The lowest BCUT2D eigenvalue weighted by molar-refractivity contribution is -0.143. The van der Waals surface area contributed by atoms with Crippen molar-refractivity contribution >= 4 is 0 Å². The summed E-state index contributed by atoms with van der Waals surface area (Å²) in [7, 11) is 0. The van der Waals surface area contributed by atoms with Crippen molar-refractivity contribution in [2.45, 2.75) is 18.9 Å². The molecule has 0 radical (unpaired) electrons. The van der Waals surface area contributed by atoms with Gasteiger partial charge in [-0.1, -0.05) is 12.1 Å². The third kappa shape index (κ3) is 4.12. The Labute approximate surface area is 174 Å². The molecule has 0 bridgehead atoms. The number of aromatic nitrogens is 4. The summed E-state index contributed by atoms with van der Waals surface area (Å²) in [6.45, 7) is -0.514. The van der Waals surface area contributed by atoms with E-state index in [2.05, 4.69) is 15.1 Å². The molecule has 2 aromatic carbocycles. The quantitative estimate of drug-likeness (QED) is 0.364. The number of halogens is 8. The van der Waals surface area contributed by atoms with Gasteiger partial charge in [0.25, 0.3) is 0 Å². The average molecular weight is 458 g/mol. The standard InChI is InChI=1S/C20H10F8N4/c21-14-3-1-2-12(17(14)22)18-30-15-7-29-32(9-16(15)31-18)8-10-4-5-11(19(23,24)25)6-13(10)20(26,27)28/h1-7,9H,8H2. The third-order valence-electron chi connectivity index (χ3n) is 4.58. The minimum absolute atomic E-state index is 0.0432. The van der Waals surface area contributed by atoms with E-state index in [1.807, 2.05) is 0 Å². The van der Waals surface area contributed by atoms with Crippen LogP contribution in [-0.2, 0) is 18.9 Å². The number of alkyl halides is 6. The van der Waals surface area contributed by atoms with Gasteiger partial charge in [-0.2, -0.15) is 31.4 Å². The lowest BCUT2D eigenvalue weighted by atomic mass is 10.0. The van der Waals surface area contributed by atoms with Crippen molar-refractivity contribution in [3.8, 4) is 22.8 Å². The fourth-order valence-electron chi connectivity index (χ4n) is 3.07. The summed E-state index contributed by atoms with van der Waals surface area (Å²) >= 11 is 0. The van der Waals surface area contributed by atoms with Gasteiger partial charge < -0.3 is 0 Å². The second kappa shape index (κ2) is 7.53. The maximum atomic E-state index is 14.0. The van der Waals surface area contributed by atoms with Crippen molar-refractivity contribution in [2.24, 2.45) is 0 Å². The maximum absolute atomic E-state index is 14.0. The van der Waals surface area contributed by atoms with Crippen molar-refractivity contribution < 1.29 is 35.1 Å². The first kappa shape index (κ1) is 21.7. The van der Waals surface area contributed by atoms with E-state index in [0.29, 0.717) is 6.07 Å². The lowest BCUT2D eigenvalue weighted by Crippen LogP contribution is -2.16. The molecule has 0 unspecified atom stereocenters. The molecule has 4 rings (SSSR count). The van der Waals surface area contributed by atoms with Crippen LogP contribution in [0.4, 0.5) is 35.1 Å². The fourth-order valence-corrected chi connectivity index (χ4v) is 3.07. The van der Waals surface area contributed by atoms with Gasteiger partial charge in [0.05, 0.1) is 35.6 Å². The van der Waals surface area contributed by atoms with Crippen LogP contribution in [-0.4, -0.2) is 19.7 Å². The summed E-state index contributed by atoms with van der Waals surface area (Å²) in [5.41, 5.74) is -3.24. The molecular weight excluding hydrogens is 448 g/mol. The number of fused-ring (bicyclic) bond motifs is 1. The fraction of sp³-hybridized carbons (Fsp3) is 0.150. The molecule has 2 aromatic rings. The van der Waals surface area contributed by atoms with Crippen LogP contribution in [0, 0.1) is 11.6 Å². The molecule has 32 heavy (non-hydrogen) atoms. The Morgan fingerprint density at radius 2 is 1.56 bits per heavy atom. The molecule has 4 nitrogen and oxygen atoms in total. The number of hydrogen-bond donors (Lipinski definition) is 0. The number of imidazole rings is 1. The van der Waals surface area contributed by atoms with Gasteiger partial charge in [-0.05, 0) is 29.8 Å². The molecule has 166 valence electrons. The topological polar surface area (TPSA) is 43.6 Å². The van der Waals surface area contributed by atoms with Crippen LogP contribution in [0.15, 0.2) is 48.8 Å². The van der Waals surface area contributed by atoms with Crippen LogP contribution in [0.25, 0.3) is 22.8 Å². The largest absolute Gasteiger partial charge is 0.416 e. The molecule has 0 saturated carbocycles. The maximum Gasteiger partial charge on any atom is 0.416 e. The highest BCUT2D eigenvalue weighted by molar-refractivity contribution is 5.65. The smallest absolute Gasteiger partial charge is 0.266 e. The van der Waals surface area contributed by atoms with E-state index in [1.165, 1.54) is 18.3 Å². The van der Waals surface area contributed by atoms with E-state index >= 15 is 0 Å². The molecule has 0 atom stereocenters. The number of rotatable bonds is 3. The first-order valence-electron chi connectivity index (χ1n) is 8.85. The van der Waals surface area contributed by atoms with Crippen molar-refractivity contribution in [1.82, 2.24) is 19.7 Å². The van der Waals surface area contributed by atoms with Gasteiger partial charge >= 0.3 is 12.4 Å². The Balaban J connectivity index is 1.71. The first-order chi connectivity index (χ1) is 14.9. The highest BCUT2D eigenvalue weighted by Gasteiger charge is 2.38. The molecule has 0 N–H and O–H groups in total. The normalized spacial score (nSPS) is 12.5. The number of nitrogens with zero attached hydrogens (tertiary/aromatic N) is 4. The van der Waals surface area contributed by atoms with Crippen LogP contribution in [0.3, 0.4) is 0 Å². The van der Waals surface area contributed by atoms with Gasteiger partial charge in [0, 0.05) is 0 Å². The average Bonchev–Trinajstić information content (AvgIpc) is 3.12. The summed E-state index contributed by atoms with van der Waals surface area (Å²) in [6, 6.07) is 4.76. The van der Waals surface area contributed by atoms with Gasteiger partial charge in [-0.3, -0.25) is 4.68 Å². The predicted molar refractivity (Wildman–Crippen MR) is 95.3 cm³/mol. The summed E-state index contributed by atoms with van der Waals surface area (Å²) in [5, 5.41) is 3.90. The first-order valence-corrected chi connectivity index (χ1v) is 8.85. The second-order valence-electron chi connectivity index (χ2n) is 6.76. The molecule has 0 aliphatic carbocycles. The molecule has 0 aromatic heterocycles. The van der Waals surface area contributed by atoms with E-state index in [0.717, 1.165) is 23.0 Å². The highest BCUT2D eigenvalue weighted by atomic mass is 19.4. The zero-order valence-corrected chi connectivity index (χ0v) is 15.6. The molecule has 2 heterocycles. The number of benzene rings is 2. The molecule has 2 aliphatic rings. The Kier molecular flexibility index (Phi) is 5.10. The van der Waals surface area contributed by atoms with Crippen molar-refractivity contribution in [3.05, 3.63) is 77.1 Å². The Morgan fingerprint density at radius 1 is 0.844 bits per heavy atom. The zero-order chi connectivity index (χ0) is 23.3. The lowest BCUT2D eigenvalue weighted by Gasteiger charge is -2.16. The Hall–Kier alpha value is -3.57. The van der Waals surface area contributed by atoms with Gasteiger partial charge in [0.2, 0.25) is 0 Å². The van der Waals surface area contributed by atoms with Crippen LogP contribution < -0.4 is 0 Å². The van der Waals surface area contributed by atoms with Crippen LogP contribution in [0.1, 0.15) is 16.7 Å². The van der Waals surface area contributed by atoms with E-state index in [4.69, 9.17) is 0 Å². The Bertz CT molecular complexity index is 1260. The van der Waals surface area contributed by atoms with Gasteiger partial charge in [0.15, 0.2) is 17.5 Å². The van der Waals surface area contributed by atoms with Gasteiger partial charge in [-0.25, -0.2) is 18.7 Å². The van der Waals surface area contributed by atoms with Crippen molar-refractivity contribution in [2.75, 3.05) is 0 Å². The molecule has 12 heteroatoms. The Morgan fingerprint density at radius 3 is 2.25 bits per heavy atom. The van der Waals surface area contributed by atoms with E-state index in [9.17, 15) is 35.1 Å². The highest BCUT2D eigenvalue weighted by Crippen LogP contribution is 2.37. The summed E-state index contributed by atoms with van der Waals surface area (Å²) in [6.07, 6.45) is -7.60. The molecule has 0 saturated heterocycles. The zero-order valence-electron chi connectivity index (χ0n) is 15.6. The van der Waals surface area contributed by atoms with E-state index in [-0.39, 0.29) is 28.8 Å². The van der Waals surface area contributed by atoms with Crippen LogP contribution in [0.2, 0.25) is 0 Å². The van der Waals surface area contributed by atoms with Crippen LogP contribution >= 0.6 is 0 Å². The van der Waals surface area contributed by atoms with Crippen LogP contribution in [0.5, 0.6) is 0 Å². The minimum atomic E-state index is -5.02.